The van der Waals surface area contributed by atoms with Gasteiger partial charge in [-0.05, 0) is 64.8 Å². The van der Waals surface area contributed by atoms with E-state index in [0.29, 0.717) is 30.9 Å². The van der Waals surface area contributed by atoms with Crippen molar-refractivity contribution in [2.24, 2.45) is 11.8 Å². The largest absolute Gasteiger partial charge is 0.494 e. The molecular weight excluding hydrogens is 530 g/mol. The smallest absolute Gasteiger partial charge is 0.246 e. The second-order valence-electron chi connectivity index (χ2n) is 10.8. The Labute approximate surface area is 220 Å². The van der Waals surface area contributed by atoms with Crippen molar-refractivity contribution in [1.29, 1.82) is 0 Å². The van der Waals surface area contributed by atoms with Crippen molar-refractivity contribution >= 4 is 39.3 Å². The van der Waals surface area contributed by atoms with Gasteiger partial charge in [0.2, 0.25) is 17.7 Å². The lowest BCUT2D eigenvalue weighted by Gasteiger charge is -2.38. The first-order valence-electron chi connectivity index (χ1n) is 12.6. The zero-order chi connectivity index (χ0) is 26.4. The van der Waals surface area contributed by atoms with E-state index in [9.17, 15) is 19.5 Å². The standard InChI is InChI=1S/C26H36BrN3O6/c1-6-15(13-31)30-21(23(33)29-25(3,4)5)26-12-17(27)20(36-26)18(19(26)24(30)34)22(32)28-14-8-10-16(11-9-14)35-7-2/h8-11,15,17-21,31H,6-7,12-13H2,1-5H3,(H,28,32)(H,29,33)/t15-,17?,18-,19-,20-,21?,26?/m0/s1. The van der Waals surface area contributed by atoms with Crippen molar-refractivity contribution in [3.63, 3.8) is 0 Å². The first-order chi connectivity index (χ1) is 17.0. The predicted molar refractivity (Wildman–Crippen MR) is 138 cm³/mol. The van der Waals surface area contributed by atoms with Crippen molar-refractivity contribution in [3.8, 4) is 5.75 Å². The van der Waals surface area contributed by atoms with Crippen LogP contribution in [0, 0.1) is 11.8 Å². The van der Waals surface area contributed by atoms with Gasteiger partial charge in [0.15, 0.2) is 0 Å². The highest BCUT2D eigenvalue weighted by Crippen LogP contribution is 2.60. The molecule has 9 nitrogen and oxygen atoms in total. The molecule has 0 radical (unpaired) electrons. The molecule has 1 aromatic rings. The number of amides is 3. The van der Waals surface area contributed by atoms with E-state index in [0.717, 1.165) is 0 Å². The summed E-state index contributed by atoms with van der Waals surface area (Å²) in [4.78, 5) is 42.5. The molecule has 3 aliphatic heterocycles. The highest BCUT2D eigenvalue weighted by molar-refractivity contribution is 9.09. The van der Waals surface area contributed by atoms with Gasteiger partial charge < -0.3 is 30.1 Å². The van der Waals surface area contributed by atoms with Crippen LogP contribution < -0.4 is 15.4 Å². The zero-order valence-corrected chi connectivity index (χ0v) is 23.0. The average molecular weight is 566 g/mol. The number of carbonyl (C=O) groups is 3. The number of carbonyl (C=O) groups excluding carboxylic acids is 3. The van der Waals surface area contributed by atoms with Crippen LogP contribution in [0.2, 0.25) is 0 Å². The van der Waals surface area contributed by atoms with Crippen LogP contribution in [0.5, 0.6) is 5.75 Å². The maximum Gasteiger partial charge on any atom is 0.246 e. The lowest BCUT2D eigenvalue weighted by atomic mass is 9.70. The number of halogens is 1. The van der Waals surface area contributed by atoms with Crippen LogP contribution in [0.4, 0.5) is 5.69 Å². The van der Waals surface area contributed by atoms with E-state index in [4.69, 9.17) is 9.47 Å². The minimum absolute atomic E-state index is 0.197. The summed E-state index contributed by atoms with van der Waals surface area (Å²) >= 11 is 3.66. The van der Waals surface area contributed by atoms with Gasteiger partial charge in [0.25, 0.3) is 0 Å². The van der Waals surface area contributed by atoms with Crippen LogP contribution in [-0.2, 0) is 19.1 Å². The maximum atomic E-state index is 13.9. The summed E-state index contributed by atoms with van der Waals surface area (Å²) in [5.41, 5.74) is -1.11. The number of ether oxygens (including phenoxy) is 2. The number of aliphatic hydroxyl groups excluding tert-OH is 1. The molecule has 10 heteroatoms. The van der Waals surface area contributed by atoms with E-state index in [1.165, 1.54) is 4.90 Å². The van der Waals surface area contributed by atoms with Gasteiger partial charge in [0.05, 0.1) is 37.2 Å². The minimum Gasteiger partial charge on any atom is -0.494 e. The van der Waals surface area contributed by atoms with Gasteiger partial charge in [-0.2, -0.15) is 0 Å². The van der Waals surface area contributed by atoms with Crippen LogP contribution in [-0.4, -0.2) is 75.1 Å². The molecule has 3 N–H and O–H groups in total. The van der Waals surface area contributed by atoms with Crippen LogP contribution in [0.15, 0.2) is 24.3 Å². The summed E-state index contributed by atoms with van der Waals surface area (Å²) in [7, 11) is 0. The van der Waals surface area contributed by atoms with Crippen molar-refractivity contribution in [2.75, 3.05) is 18.5 Å². The normalized spacial score (nSPS) is 31.8. The lowest BCUT2D eigenvalue weighted by molar-refractivity contribution is -0.145. The highest BCUT2D eigenvalue weighted by atomic mass is 79.9. The molecule has 1 aromatic carbocycles. The first kappa shape index (κ1) is 26.9. The van der Waals surface area contributed by atoms with E-state index < -0.39 is 41.2 Å². The zero-order valence-electron chi connectivity index (χ0n) is 21.4. The number of nitrogens with zero attached hydrogens (tertiary/aromatic N) is 1. The van der Waals surface area contributed by atoms with E-state index >= 15 is 0 Å². The Kier molecular flexibility index (Phi) is 7.43. The minimum atomic E-state index is -1.16. The van der Waals surface area contributed by atoms with Crippen LogP contribution in [0.25, 0.3) is 0 Å². The second-order valence-corrected chi connectivity index (χ2v) is 12.0. The topological polar surface area (TPSA) is 117 Å². The number of nitrogens with one attached hydrogen (secondary N) is 2. The number of hydrogen-bond donors (Lipinski definition) is 3. The van der Waals surface area contributed by atoms with Crippen molar-refractivity contribution in [2.45, 2.75) is 81.6 Å². The fourth-order valence-corrected chi connectivity index (χ4v) is 6.88. The Morgan fingerprint density at radius 3 is 2.47 bits per heavy atom. The van der Waals surface area contributed by atoms with E-state index in [2.05, 4.69) is 26.6 Å². The van der Waals surface area contributed by atoms with Crippen molar-refractivity contribution in [1.82, 2.24) is 10.2 Å². The third-order valence-electron chi connectivity index (χ3n) is 7.28. The molecule has 3 unspecified atom stereocenters. The first-order valence-corrected chi connectivity index (χ1v) is 13.5. The molecule has 2 bridgehead atoms. The molecule has 198 valence electrons. The maximum absolute atomic E-state index is 13.9. The Balaban J connectivity index is 1.68. The number of rotatable bonds is 8. The molecule has 3 amide bonds. The number of fused-ring (bicyclic) bond motifs is 1. The second kappa shape index (κ2) is 9.95. The lowest BCUT2D eigenvalue weighted by Crippen LogP contribution is -2.60. The molecule has 3 heterocycles. The molecule has 3 fully saturated rings. The number of hydrogen-bond acceptors (Lipinski definition) is 6. The summed E-state index contributed by atoms with van der Waals surface area (Å²) in [6.45, 7) is 9.63. The van der Waals surface area contributed by atoms with Crippen molar-refractivity contribution < 1.29 is 29.0 Å². The molecular formula is C26H36BrN3O6. The Morgan fingerprint density at radius 2 is 1.92 bits per heavy atom. The Hall–Kier alpha value is -2.17. The van der Waals surface area contributed by atoms with Gasteiger partial charge in [0.1, 0.15) is 17.4 Å². The van der Waals surface area contributed by atoms with Crippen LogP contribution in [0.3, 0.4) is 0 Å². The number of anilines is 1. The van der Waals surface area contributed by atoms with Crippen LogP contribution >= 0.6 is 15.9 Å². The van der Waals surface area contributed by atoms with Crippen molar-refractivity contribution in [3.05, 3.63) is 24.3 Å². The predicted octanol–water partition coefficient (Wildman–Crippen LogP) is 2.46. The molecule has 4 rings (SSSR count). The molecule has 0 saturated carbocycles. The summed E-state index contributed by atoms with van der Waals surface area (Å²) < 4.78 is 11.9. The third kappa shape index (κ3) is 4.52. The van der Waals surface area contributed by atoms with E-state index in [-0.39, 0.29) is 29.2 Å². The van der Waals surface area contributed by atoms with Gasteiger partial charge >= 0.3 is 0 Å². The number of benzene rings is 1. The molecule has 0 aliphatic carbocycles. The van der Waals surface area contributed by atoms with Gasteiger partial charge in [0, 0.05) is 16.1 Å². The molecule has 7 atom stereocenters. The fourth-order valence-electron chi connectivity index (χ4n) is 5.94. The van der Waals surface area contributed by atoms with E-state index in [1.54, 1.807) is 24.3 Å². The molecule has 1 spiro atoms. The summed E-state index contributed by atoms with van der Waals surface area (Å²) in [6, 6.07) is 5.54. The van der Waals surface area contributed by atoms with E-state index in [1.807, 2.05) is 34.6 Å². The monoisotopic (exact) mass is 565 g/mol. The SMILES string of the molecule is CCOc1ccc(NC(=O)[C@H]2[C@H]3C(=O)N([C@@H](CC)CO)C(C(=O)NC(C)(C)C)C34CC(Br)[C@@H]2O4)cc1. The number of likely N-dealkylation sites (tertiary alicyclic amines) is 1. The number of alkyl halides is 1. The Morgan fingerprint density at radius 1 is 1.25 bits per heavy atom. The third-order valence-corrected chi connectivity index (χ3v) is 8.13. The van der Waals surface area contributed by atoms with Gasteiger partial charge in [-0.15, -0.1) is 0 Å². The summed E-state index contributed by atoms with van der Waals surface area (Å²) in [5, 5.41) is 16.0. The molecule has 3 saturated heterocycles. The molecule has 0 aromatic heterocycles. The molecule has 3 aliphatic rings. The summed E-state index contributed by atoms with van der Waals surface area (Å²) in [5.74, 6) is -1.90. The quantitative estimate of drug-likeness (QED) is 0.417. The highest BCUT2D eigenvalue weighted by Gasteiger charge is 2.77. The Bertz CT molecular complexity index is 1010. The summed E-state index contributed by atoms with van der Waals surface area (Å²) in [6.07, 6.45) is 0.332. The molecule has 36 heavy (non-hydrogen) atoms. The number of aliphatic hydroxyl groups is 1. The van der Waals surface area contributed by atoms with Gasteiger partial charge in [-0.3, -0.25) is 14.4 Å². The van der Waals surface area contributed by atoms with Crippen LogP contribution in [0.1, 0.15) is 47.5 Å². The van der Waals surface area contributed by atoms with Gasteiger partial charge in [-0.1, -0.05) is 22.9 Å². The van der Waals surface area contributed by atoms with Gasteiger partial charge in [-0.25, -0.2) is 0 Å². The average Bonchev–Trinajstić information content (AvgIpc) is 3.39. The fraction of sp³-hybridized carbons (Fsp3) is 0.654.